The van der Waals surface area contributed by atoms with Crippen LogP contribution < -0.4 is 5.32 Å². The fraction of sp³-hybridized carbons (Fsp3) is 0.600. The first kappa shape index (κ1) is 16.0. The number of pyridine rings is 1. The summed E-state index contributed by atoms with van der Waals surface area (Å²) < 4.78 is 0.851. The average Bonchev–Trinajstić information content (AvgIpc) is 3.18. The first-order valence-corrected chi connectivity index (χ1v) is 8.72. The van der Waals surface area contributed by atoms with E-state index in [0.717, 1.165) is 29.7 Å². The van der Waals surface area contributed by atoms with E-state index in [2.05, 4.69) is 31.1 Å². The van der Waals surface area contributed by atoms with Crippen LogP contribution in [0.2, 0.25) is 5.02 Å². The maximum atomic E-state index is 11.0. The van der Waals surface area contributed by atoms with Crippen LogP contribution in [0.15, 0.2) is 16.7 Å². The summed E-state index contributed by atoms with van der Waals surface area (Å²) in [6.07, 6.45) is 6.01. The second kappa shape index (κ2) is 6.72. The number of carboxylic acids is 1. The summed E-state index contributed by atoms with van der Waals surface area (Å²) in [5.41, 5.74) is 0. The topological polar surface area (TPSA) is 65.5 Å². The molecule has 0 atom stereocenters. The summed E-state index contributed by atoms with van der Waals surface area (Å²) in [5.74, 6) is 0.762. The molecule has 1 aromatic rings. The second-order valence-corrected chi connectivity index (χ2v) is 7.51. The molecular formula is C15H19BrClN3O2. The Morgan fingerprint density at radius 3 is 2.82 bits per heavy atom. The maximum absolute atomic E-state index is 11.0. The summed E-state index contributed by atoms with van der Waals surface area (Å²) in [7, 11) is 0. The highest BCUT2D eigenvalue weighted by molar-refractivity contribution is 9.10. The Bertz CT molecular complexity index is 562. The highest BCUT2D eigenvalue weighted by atomic mass is 79.9. The standard InChI is InChI=1S/C15H19BrClN3O2/c16-13-3-10(17)6-18-15(13)19-11-4-12(5-11)20(8-14(21)22)7-9-1-2-9/h3,6,9,11-12H,1-2,4-5,7-8H2,(H,18,19)(H,21,22). The van der Waals surface area contributed by atoms with Crippen molar-refractivity contribution in [1.82, 2.24) is 9.88 Å². The van der Waals surface area contributed by atoms with Gasteiger partial charge in [0.15, 0.2) is 0 Å². The molecule has 22 heavy (non-hydrogen) atoms. The zero-order chi connectivity index (χ0) is 15.7. The molecule has 2 fully saturated rings. The highest BCUT2D eigenvalue weighted by Gasteiger charge is 2.37. The van der Waals surface area contributed by atoms with Crippen LogP contribution in [0.4, 0.5) is 5.82 Å². The van der Waals surface area contributed by atoms with Crippen LogP contribution in [0.3, 0.4) is 0 Å². The van der Waals surface area contributed by atoms with Gasteiger partial charge in [-0.05, 0) is 53.6 Å². The molecule has 0 radical (unpaired) electrons. The largest absolute Gasteiger partial charge is 0.480 e. The van der Waals surface area contributed by atoms with Crippen molar-refractivity contribution >= 4 is 39.3 Å². The highest BCUT2D eigenvalue weighted by Crippen LogP contribution is 2.35. The van der Waals surface area contributed by atoms with E-state index >= 15 is 0 Å². The van der Waals surface area contributed by atoms with Gasteiger partial charge >= 0.3 is 5.97 Å². The van der Waals surface area contributed by atoms with Gasteiger partial charge in [-0.3, -0.25) is 9.69 Å². The monoisotopic (exact) mass is 387 g/mol. The minimum atomic E-state index is -0.737. The van der Waals surface area contributed by atoms with Gasteiger partial charge in [0.05, 0.1) is 16.0 Å². The minimum absolute atomic E-state index is 0.150. The van der Waals surface area contributed by atoms with Crippen LogP contribution in [0.1, 0.15) is 25.7 Å². The number of aromatic nitrogens is 1. The number of anilines is 1. The average molecular weight is 389 g/mol. The summed E-state index contributed by atoms with van der Waals surface area (Å²) in [6, 6.07) is 2.52. The predicted octanol–water partition coefficient (Wildman–Crippen LogP) is 3.24. The Kier molecular flexibility index (Phi) is 4.90. The molecule has 7 heteroatoms. The number of carbonyl (C=O) groups is 1. The molecule has 5 nitrogen and oxygen atoms in total. The molecule has 2 N–H and O–H groups in total. The quantitative estimate of drug-likeness (QED) is 0.751. The number of rotatable bonds is 7. The second-order valence-electron chi connectivity index (χ2n) is 6.22. The van der Waals surface area contributed by atoms with Crippen molar-refractivity contribution in [3.63, 3.8) is 0 Å². The van der Waals surface area contributed by atoms with Gasteiger partial charge in [-0.15, -0.1) is 0 Å². The minimum Gasteiger partial charge on any atom is -0.480 e. The fourth-order valence-corrected chi connectivity index (χ4v) is 3.62. The van der Waals surface area contributed by atoms with Crippen LogP contribution in [-0.2, 0) is 4.79 Å². The van der Waals surface area contributed by atoms with Crippen LogP contribution in [0.5, 0.6) is 0 Å². The molecule has 0 aromatic carbocycles. The van der Waals surface area contributed by atoms with Gasteiger partial charge in [0.2, 0.25) is 0 Å². The van der Waals surface area contributed by atoms with Gasteiger partial charge in [0.1, 0.15) is 5.82 Å². The molecule has 2 saturated carbocycles. The third-order valence-corrected chi connectivity index (χ3v) is 5.12. The van der Waals surface area contributed by atoms with Crippen molar-refractivity contribution in [2.75, 3.05) is 18.4 Å². The van der Waals surface area contributed by atoms with Crippen molar-refractivity contribution in [3.05, 3.63) is 21.8 Å². The van der Waals surface area contributed by atoms with E-state index in [9.17, 15) is 4.79 Å². The number of aliphatic carboxylic acids is 1. The van der Waals surface area contributed by atoms with Crippen molar-refractivity contribution in [2.24, 2.45) is 5.92 Å². The fourth-order valence-electron chi connectivity index (χ4n) is 2.87. The lowest BCUT2D eigenvalue weighted by atomic mass is 9.85. The smallest absolute Gasteiger partial charge is 0.317 e. The zero-order valence-electron chi connectivity index (χ0n) is 12.1. The number of nitrogens with zero attached hydrogens (tertiary/aromatic N) is 2. The Hall–Kier alpha value is -0.850. The molecule has 0 amide bonds. The molecule has 120 valence electrons. The first-order valence-electron chi connectivity index (χ1n) is 7.54. The number of halogens is 2. The summed E-state index contributed by atoms with van der Waals surface area (Å²) >= 11 is 9.34. The maximum Gasteiger partial charge on any atom is 0.317 e. The molecule has 0 aliphatic heterocycles. The van der Waals surface area contributed by atoms with Crippen LogP contribution in [-0.4, -0.2) is 46.1 Å². The number of nitrogens with one attached hydrogen (secondary N) is 1. The van der Waals surface area contributed by atoms with E-state index in [1.54, 1.807) is 6.20 Å². The van der Waals surface area contributed by atoms with Crippen molar-refractivity contribution < 1.29 is 9.90 Å². The van der Waals surface area contributed by atoms with E-state index in [1.165, 1.54) is 12.8 Å². The Balaban J connectivity index is 1.52. The molecule has 2 aliphatic carbocycles. The Morgan fingerprint density at radius 2 is 2.23 bits per heavy atom. The zero-order valence-corrected chi connectivity index (χ0v) is 14.5. The lowest BCUT2D eigenvalue weighted by molar-refractivity contribution is -0.139. The first-order chi connectivity index (χ1) is 10.5. The van der Waals surface area contributed by atoms with Crippen molar-refractivity contribution in [3.8, 4) is 0 Å². The number of hydrogen-bond acceptors (Lipinski definition) is 4. The van der Waals surface area contributed by atoms with Crippen LogP contribution in [0.25, 0.3) is 0 Å². The predicted molar refractivity (Wildman–Crippen MR) is 89.3 cm³/mol. The summed E-state index contributed by atoms with van der Waals surface area (Å²) in [4.78, 5) is 17.4. The molecule has 3 rings (SSSR count). The molecule has 1 heterocycles. The van der Waals surface area contributed by atoms with Crippen LogP contribution in [0, 0.1) is 5.92 Å². The molecule has 0 bridgehead atoms. The normalized spacial score (nSPS) is 24.1. The number of hydrogen-bond donors (Lipinski definition) is 2. The van der Waals surface area contributed by atoms with Gasteiger partial charge in [0.25, 0.3) is 0 Å². The molecule has 0 saturated heterocycles. The van der Waals surface area contributed by atoms with E-state index < -0.39 is 5.97 Å². The molecule has 2 aliphatic rings. The Labute approximate surface area is 143 Å². The van der Waals surface area contributed by atoms with Gasteiger partial charge in [-0.1, -0.05) is 11.6 Å². The number of carboxylic acid groups (broad SMARTS) is 1. The molecule has 0 unspecified atom stereocenters. The molecule has 0 spiro atoms. The third-order valence-electron chi connectivity index (χ3n) is 4.31. The van der Waals surface area contributed by atoms with Crippen molar-refractivity contribution in [1.29, 1.82) is 0 Å². The van der Waals surface area contributed by atoms with Gasteiger partial charge in [0, 0.05) is 24.8 Å². The third kappa shape index (κ3) is 4.12. The van der Waals surface area contributed by atoms with Crippen LogP contribution >= 0.6 is 27.5 Å². The van der Waals surface area contributed by atoms with Gasteiger partial charge in [-0.2, -0.15) is 0 Å². The lowest BCUT2D eigenvalue weighted by Crippen LogP contribution is -2.52. The molecule has 1 aromatic heterocycles. The van der Waals surface area contributed by atoms with E-state index in [0.29, 0.717) is 23.0 Å². The van der Waals surface area contributed by atoms with Crippen molar-refractivity contribution in [2.45, 2.75) is 37.8 Å². The Morgan fingerprint density at radius 1 is 1.50 bits per heavy atom. The van der Waals surface area contributed by atoms with Gasteiger partial charge in [-0.25, -0.2) is 4.98 Å². The van der Waals surface area contributed by atoms with E-state index in [1.807, 2.05) is 6.07 Å². The molecular weight excluding hydrogens is 370 g/mol. The summed E-state index contributed by atoms with van der Waals surface area (Å²) in [6.45, 7) is 1.07. The van der Waals surface area contributed by atoms with Gasteiger partial charge < -0.3 is 10.4 Å². The van der Waals surface area contributed by atoms with E-state index in [4.69, 9.17) is 16.7 Å². The van der Waals surface area contributed by atoms with E-state index in [-0.39, 0.29) is 6.54 Å². The SMILES string of the molecule is O=C(O)CN(CC1CC1)C1CC(Nc2ncc(Cl)cc2Br)C1. The lowest BCUT2D eigenvalue weighted by Gasteiger charge is -2.43. The summed E-state index contributed by atoms with van der Waals surface area (Å²) in [5, 5.41) is 13.1.